The van der Waals surface area contributed by atoms with Crippen molar-refractivity contribution in [2.75, 3.05) is 6.54 Å². The van der Waals surface area contributed by atoms with Crippen LogP contribution in [0.15, 0.2) is 18.2 Å². The molecular formula is C15H19BrN2O3. The highest BCUT2D eigenvalue weighted by atomic mass is 79.9. The fraction of sp³-hybridized carbons (Fsp3) is 0.533. The van der Waals surface area contributed by atoms with Gasteiger partial charge in [0.05, 0.1) is 4.92 Å². The Hall–Kier alpha value is -1.43. The Kier molecular flexibility index (Phi) is 5.33. The van der Waals surface area contributed by atoms with Gasteiger partial charge < -0.3 is 5.32 Å². The maximum atomic E-state index is 12.2. The molecular weight excluding hydrogens is 336 g/mol. The van der Waals surface area contributed by atoms with E-state index in [2.05, 4.69) is 21.2 Å². The Morgan fingerprint density at radius 1 is 1.43 bits per heavy atom. The fourth-order valence-electron chi connectivity index (χ4n) is 2.70. The van der Waals surface area contributed by atoms with Gasteiger partial charge in [0.15, 0.2) is 0 Å². The Labute approximate surface area is 132 Å². The molecule has 1 aromatic carbocycles. The highest BCUT2D eigenvalue weighted by Gasteiger charge is 2.25. The minimum atomic E-state index is -0.512. The van der Waals surface area contributed by atoms with Crippen LogP contribution >= 0.6 is 15.9 Å². The molecule has 1 aromatic rings. The molecule has 1 aliphatic rings. The Bertz CT molecular complexity index is 548. The number of hydrogen-bond acceptors (Lipinski definition) is 3. The normalized spacial score (nSPS) is 21.8. The molecule has 1 fully saturated rings. The molecule has 1 N–H and O–H groups in total. The SMILES string of the molecule is Cc1ccc([N+](=O)[O-])c(C(=O)NCC2CCCCC2Br)c1. The predicted octanol–water partition coefficient (Wildman–Crippen LogP) is 3.59. The average Bonchev–Trinajstić information content (AvgIpc) is 2.45. The molecule has 1 amide bonds. The number of rotatable bonds is 4. The van der Waals surface area contributed by atoms with Crippen molar-refractivity contribution in [1.82, 2.24) is 5.32 Å². The molecule has 2 unspecified atom stereocenters. The van der Waals surface area contributed by atoms with Gasteiger partial charge in [-0.15, -0.1) is 0 Å². The molecule has 0 aliphatic heterocycles. The van der Waals surface area contributed by atoms with Gasteiger partial charge in [-0.3, -0.25) is 14.9 Å². The zero-order valence-corrected chi connectivity index (χ0v) is 13.6. The first-order valence-corrected chi connectivity index (χ1v) is 8.08. The van der Waals surface area contributed by atoms with E-state index in [1.807, 2.05) is 6.92 Å². The van der Waals surface area contributed by atoms with Gasteiger partial charge in [-0.25, -0.2) is 0 Å². The summed E-state index contributed by atoms with van der Waals surface area (Å²) in [5.74, 6) is 0.0299. The van der Waals surface area contributed by atoms with Crippen LogP contribution in [0.4, 0.5) is 5.69 Å². The Morgan fingerprint density at radius 3 is 2.81 bits per heavy atom. The first-order valence-electron chi connectivity index (χ1n) is 7.16. The molecule has 0 bridgehead atoms. The second kappa shape index (κ2) is 7.02. The molecule has 0 radical (unpaired) electrons. The lowest BCUT2D eigenvalue weighted by Crippen LogP contribution is -2.34. The number of alkyl halides is 1. The molecule has 114 valence electrons. The summed E-state index contributed by atoms with van der Waals surface area (Å²) in [6.45, 7) is 2.37. The van der Waals surface area contributed by atoms with Crippen LogP contribution in [0.3, 0.4) is 0 Å². The third-order valence-corrected chi connectivity index (χ3v) is 5.14. The van der Waals surface area contributed by atoms with Crippen molar-refractivity contribution in [3.63, 3.8) is 0 Å². The van der Waals surface area contributed by atoms with Crippen LogP contribution in [0, 0.1) is 23.0 Å². The van der Waals surface area contributed by atoms with Gasteiger partial charge in [-0.1, -0.05) is 34.8 Å². The maximum Gasteiger partial charge on any atom is 0.282 e. The van der Waals surface area contributed by atoms with Gasteiger partial charge in [0, 0.05) is 17.4 Å². The molecule has 0 aromatic heterocycles. The van der Waals surface area contributed by atoms with Crippen LogP contribution in [-0.4, -0.2) is 22.2 Å². The molecule has 0 spiro atoms. The number of benzene rings is 1. The van der Waals surface area contributed by atoms with Crippen molar-refractivity contribution in [2.24, 2.45) is 5.92 Å². The van der Waals surface area contributed by atoms with Crippen LogP contribution in [-0.2, 0) is 0 Å². The second-order valence-electron chi connectivity index (χ2n) is 5.55. The molecule has 0 heterocycles. The van der Waals surface area contributed by atoms with E-state index in [0.717, 1.165) is 18.4 Å². The summed E-state index contributed by atoms with van der Waals surface area (Å²) in [4.78, 5) is 23.2. The van der Waals surface area contributed by atoms with Crippen molar-refractivity contribution in [2.45, 2.75) is 37.4 Å². The number of hydrogen-bond donors (Lipinski definition) is 1. The first-order chi connectivity index (χ1) is 9.99. The van der Waals surface area contributed by atoms with Gasteiger partial charge in [0.2, 0.25) is 0 Å². The van der Waals surface area contributed by atoms with E-state index in [9.17, 15) is 14.9 Å². The van der Waals surface area contributed by atoms with Gasteiger partial charge in [-0.2, -0.15) is 0 Å². The topological polar surface area (TPSA) is 72.2 Å². The van der Waals surface area contributed by atoms with E-state index in [-0.39, 0.29) is 17.2 Å². The number of nitrogens with zero attached hydrogens (tertiary/aromatic N) is 1. The summed E-state index contributed by atoms with van der Waals surface area (Å²) in [7, 11) is 0. The third-order valence-electron chi connectivity index (χ3n) is 3.93. The molecule has 0 saturated heterocycles. The summed E-state index contributed by atoms with van der Waals surface area (Å²) < 4.78 is 0. The Morgan fingerprint density at radius 2 is 2.14 bits per heavy atom. The number of halogens is 1. The predicted molar refractivity (Wildman–Crippen MR) is 84.8 cm³/mol. The molecule has 1 aliphatic carbocycles. The van der Waals surface area contributed by atoms with Crippen LogP contribution in [0.1, 0.15) is 41.6 Å². The van der Waals surface area contributed by atoms with Crippen molar-refractivity contribution in [3.8, 4) is 0 Å². The van der Waals surface area contributed by atoms with E-state index < -0.39 is 4.92 Å². The van der Waals surface area contributed by atoms with Crippen molar-refractivity contribution in [1.29, 1.82) is 0 Å². The van der Waals surface area contributed by atoms with Crippen molar-refractivity contribution < 1.29 is 9.72 Å². The largest absolute Gasteiger partial charge is 0.351 e. The molecule has 2 rings (SSSR count). The van der Waals surface area contributed by atoms with E-state index >= 15 is 0 Å². The number of aryl methyl sites for hydroxylation is 1. The number of nitro groups is 1. The summed E-state index contributed by atoms with van der Waals surface area (Å²) in [5, 5.41) is 13.9. The number of carbonyl (C=O) groups is 1. The third kappa shape index (κ3) is 4.03. The van der Waals surface area contributed by atoms with Crippen molar-refractivity contribution >= 4 is 27.5 Å². The minimum absolute atomic E-state index is 0.141. The van der Waals surface area contributed by atoms with E-state index in [0.29, 0.717) is 17.3 Å². The van der Waals surface area contributed by atoms with Crippen LogP contribution in [0.5, 0.6) is 0 Å². The summed E-state index contributed by atoms with van der Waals surface area (Å²) in [6, 6.07) is 4.60. The first kappa shape index (κ1) is 15.9. The van der Waals surface area contributed by atoms with E-state index in [1.165, 1.54) is 18.9 Å². The van der Waals surface area contributed by atoms with Gasteiger partial charge in [0.25, 0.3) is 11.6 Å². The van der Waals surface area contributed by atoms with Gasteiger partial charge in [0.1, 0.15) is 5.56 Å². The zero-order valence-electron chi connectivity index (χ0n) is 12.0. The number of nitro benzene ring substituents is 1. The smallest absolute Gasteiger partial charge is 0.282 e. The maximum absolute atomic E-state index is 12.2. The molecule has 1 saturated carbocycles. The van der Waals surface area contributed by atoms with Crippen LogP contribution < -0.4 is 5.32 Å². The monoisotopic (exact) mass is 354 g/mol. The van der Waals surface area contributed by atoms with E-state index in [4.69, 9.17) is 0 Å². The van der Waals surface area contributed by atoms with Gasteiger partial charge >= 0.3 is 0 Å². The highest BCUT2D eigenvalue weighted by Crippen LogP contribution is 2.29. The highest BCUT2D eigenvalue weighted by molar-refractivity contribution is 9.09. The lowest BCUT2D eigenvalue weighted by atomic mass is 9.89. The van der Waals surface area contributed by atoms with Crippen molar-refractivity contribution in [3.05, 3.63) is 39.4 Å². The molecule has 21 heavy (non-hydrogen) atoms. The number of amides is 1. The van der Waals surface area contributed by atoms with E-state index in [1.54, 1.807) is 12.1 Å². The summed E-state index contributed by atoms with van der Waals surface area (Å²) in [6.07, 6.45) is 4.58. The summed E-state index contributed by atoms with van der Waals surface area (Å²) in [5.41, 5.74) is 0.834. The number of carbonyl (C=O) groups excluding carboxylic acids is 1. The molecule has 6 heteroatoms. The Balaban J connectivity index is 2.06. The molecule has 2 atom stereocenters. The minimum Gasteiger partial charge on any atom is -0.351 e. The van der Waals surface area contributed by atoms with Gasteiger partial charge in [-0.05, 0) is 37.3 Å². The fourth-order valence-corrected chi connectivity index (χ4v) is 3.48. The number of nitrogens with one attached hydrogen (secondary N) is 1. The lowest BCUT2D eigenvalue weighted by molar-refractivity contribution is -0.385. The summed E-state index contributed by atoms with van der Waals surface area (Å²) >= 11 is 3.65. The lowest BCUT2D eigenvalue weighted by Gasteiger charge is -2.27. The quantitative estimate of drug-likeness (QED) is 0.510. The zero-order chi connectivity index (χ0) is 15.4. The second-order valence-corrected chi connectivity index (χ2v) is 6.72. The average molecular weight is 355 g/mol. The molecule has 5 nitrogen and oxygen atoms in total. The van der Waals surface area contributed by atoms with Crippen LogP contribution in [0.2, 0.25) is 0 Å². The standard InChI is InChI=1S/C15H19BrN2O3/c1-10-6-7-14(18(20)21)12(8-10)15(19)17-9-11-4-2-3-5-13(11)16/h6-8,11,13H,2-5,9H2,1H3,(H,17,19). The van der Waals surface area contributed by atoms with Crippen LogP contribution in [0.25, 0.3) is 0 Å².